The van der Waals surface area contributed by atoms with Crippen molar-refractivity contribution in [1.82, 2.24) is 14.6 Å². The molecule has 2 fully saturated rings. The van der Waals surface area contributed by atoms with Gasteiger partial charge in [-0.25, -0.2) is 8.42 Å². The number of nitrogens with one attached hydrogen (secondary N) is 1. The number of nitrogens with zero attached hydrogens (tertiary/aromatic N) is 2. The number of carbonyl (C=O) groups is 1. The van der Waals surface area contributed by atoms with Crippen LogP contribution in [0, 0.1) is 11.3 Å². The molecule has 6 nitrogen and oxygen atoms in total. The summed E-state index contributed by atoms with van der Waals surface area (Å²) in [4.78, 5) is 16.8. The van der Waals surface area contributed by atoms with Crippen LogP contribution in [-0.2, 0) is 21.4 Å². The summed E-state index contributed by atoms with van der Waals surface area (Å²) in [6.07, 6.45) is 4.92. The third kappa shape index (κ3) is 3.12. The minimum absolute atomic E-state index is 0.00723. The second kappa shape index (κ2) is 6.48. The molecular formula is C19H21N3O3S. The van der Waals surface area contributed by atoms with Crippen LogP contribution in [0.25, 0.3) is 0 Å². The van der Waals surface area contributed by atoms with Crippen molar-refractivity contribution in [1.29, 1.82) is 0 Å². The molecule has 2 heterocycles. The van der Waals surface area contributed by atoms with Crippen LogP contribution in [0.15, 0.2) is 59.8 Å². The fourth-order valence-corrected chi connectivity index (χ4v) is 5.35. The van der Waals surface area contributed by atoms with Gasteiger partial charge in [0, 0.05) is 37.9 Å². The molecule has 7 heteroatoms. The maximum Gasteiger partial charge on any atom is 0.243 e. The summed E-state index contributed by atoms with van der Waals surface area (Å²) >= 11 is 0. The molecule has 1 N–H and O–H groups in total. The number of hydrogen-bond acceptors (Lipinski definition) is 4. The van der Waals surface area contributed by atoms with E-state index in [0.29, 0.717) is 24.5 Å². The van der Waals surface area contributed by atoms with Gasteiger partial charge in [-0.15, -0.1) is 0 Å². The molecule has 1 aromatic heterocycles. The lowest BCUT2D eigenvalue weighted by Gasteiger charge is -2.16. The minimum Gasteiger partial charge on any atom is -0.352 e. The van der Waals surface area contributed by atoms with Crippen LogP contribution in [0.2, 0.25) is 0 Å². The van der Waals surface area contributed by atoms with Crippen molar-refractivity contribution in [2.75, 3.05) is 13.1 Å². The van der Waals surface area contributed by atoms with Crippen LogP contribution in [0.1, 0.15) is 18.4 Å². The van der Waals surface area contributed by atoms with Gasteiger partial charge in [-0.05, 0) is 42.0 Å². The van der Waals surface area contributed by atoms with Crippen LogP contribution >= 0.6 is 0 Å². The average molecular weight is 371 g/mol. The zero-order valence-corrected chi connectivity index (χ0v) is 15.2. The second-order valence-electron chi connectivity index (χ2n) is 7.10. The zero-order valence-electron chi connectivity index (χ0n) is 14.3. The van der Waals surface area contributed by atoms with Crippen molar-refractivity contribution in [3.05, 3.63) is 60.4 Å². The Hall–Kier alpha value is -2.25. The number of rotatable bonds is 5. The van der Waals surface area contributed by atoms with Crippen LogP contribution in [0.3, 0.4) is 0 Å². The van der Waals surface area contributed by atoms with E-state index in [0.717, 1.165) is 18.4 Å². The highest BCUT2D eigenvalue weighted by atomic mass is 32.2. The van der Waals surface area contributed by atoms with E-state index in [9.17, 15) is 13.2 Å². The molecule has 1 aromatic carbocycles. The quantitative estimate of drug-likeness (QED) is 0.869. The first kappa shape index (κ1) is 17.2. The SMILES string of the molecule is O=C(NCc1cccnc1)[C@H]1C[C@@]12CCN(S(=O)(=O)c1ccccc1)C2. The van der Waals surface area contributed by atoms with Gasteiger partial charge in [0.1, 0.15) is 0 Å². The molecule has 1 amide bonds. The summed E-state index contributed by atoms with van der Waals surface area (Å²) in [5, 5.41) is 2.95. The average Bonchev–Trinajstić information content (AvgIpc) is 3.20. The molecule has 2 aliphatic rings. The highest BCUT2D eigenvalue weighted by Crippen LogP contribution is 2.59. The minimum atomic E-state index is -3.48. The van der Waals surface area contributed by atoms with E-state index in [1.54, 1.807) is 42.7 Å². The standard InChI is InChI=1S/C19H21N3O3S/c23-18(21-13-15-5-4-9-20-12-15)17-11-19(17)8-10-22(14-19)26(24,25)16-6-2-1-3-7-16/h1-7,9,12,17H,8,10-11,13-14H2,(H,21,23)/t17-,19-/m1/s1. The smallest absolute Gasteiger partial charge is 0.243 e. The van der Waals surface area contributed by atoms with E-state index < -0.39 is 10.0 Å². The fourth-order valence-electron chi connectivity index (χ4n) is 3.79. The predicted octanol–water partition coefficient (Wildman–Crippen LogP) is 1.80. The normalized spacial score (nSPS) is 25.3. The van der Waals surface area contributed by atoms with Gasteiger partial charge in [0.2, 0.25) is 15.9 Å². The topological polar surface area (TPSA) is 79.4 Å². The van der Waals surface area contributed by atoms with Gasteiger partial charge >= 0.3 is 0 Å². The third-order valence-corrected chi connectivity index (χ3v) is 7.29. The third-order valence-electron chi connectivity index (χ3n) is 5.43. The first-order chi connectivity index (χ1) is 12.5. The van der Waals surface area contributed by atoms with Crippen LogP contribution in [0.4, 0.5) is 0 Å². The molecule has 0 radical (unpaired) electrons. The lowest BCUT2D eigenvalue weighted by atomic mass is 10.0. The summed E-state index contributed by atoms with van der Waals surface area (Å²) in [6.45, 7) is 1.35. The zero-order chi connectivity index (χ0) is 18.2. The van der Waals surface area contributed by atoms with Crippen molar-refractivity contribution in [2.45, 2.75) is 24.3 Å². The highest BCUT2D eigenvalue weighted by molar-refractivity contribution is 7.89. The number of aromatic nitrogens is 1. The molecule has 0 unspecified atom stereocenters. The molecule has 1 spiro atoms. The van der Waals surface area contributed by atoms with Crippen molar-refractivity contribution in [3.8, 4) is 0 Å². The summed E-state index contributed by atoms with van der Waals surface area (Å²) in [6, 6.07) is 12.2. The molecule has 1 saturated carbocycles. The van der Waals surface area contributed by atoms with Gasteiger partial charge in [-0.1, -0.05) is 24.3 Å². The van der Waals surface area contributed by atoms with Crippen molar-refractivity contribution < 1.29 is 13.2 Å². The van der Waals surface area contributed by atoms with E-state index in [1.165, 1.54) is 4.31 Å². The number of hydrogen-bond donors (Lipinski definition) is 1. The van der Waals surface area contributed by atoms with Gasteiger partial charge in [-0.3, -0.25) is 9.78 Å². The van der Waals surface area contributed by atoms with Gasteiger partial charge in [0.15, 0.2) is 0 Å². The van der Waals surface area contributed by atoms with E-state index in [1.807, 2.05) is 12.1 Å². The first-order valence-corrected chi connectivity index (χ1v) is 10.2. The number of pyridine rings is 1. The Balaban J connectivity index is 1.38. The molecule has 4 rings (SSSR count). The Kier molecular flexibility index (Phi) is 4.28. The molecule has 1 aliphatic carbocycles. The van der Waals surface area contributed by atoms with Crippen molar-refractivity contribution >= 4 is 15.9 Å². The molecule has 1 aliphatic heterocycles. The van der Waals surface area contributed by atoms with Crippen molar-refractivity contribution in [2.24, 2.45) is 11.3 Å². The first-order valence-electron chi connectivity index (χ1n) is 8.73. The van der Waals surface area contributed by atoms with Crippen LogP contribution in [-0.4, -0.2) is 36.7 Å². The van der Waals surface area contributed by atoms with E-state index in [2.05, 4.69) is 10.3 Å². The number of sulfonamides is 1. The second-order valence-corrected chi connectivity index (χ2v) is 9.04. The highest BCUT2D eigenvalue weighted by Gasteiger charge is 2.62. The van der Waals surface area contributed by atoms with E-state index in [4.69, 9.17) is 0 Å². The Morgan fingerprint density at radius 2 is 2.04 bits per heavy atom. The summed E-state index contributed by atoms with van der Waals surface area (Å²) in [5.41, 5.74) is 0.760. The monoisotopic (exact) mass is 371 g/mol. The van der Waals surface area contributed by atoms with Gasteiger partial charge in [0.05, 0.1) is 4.90 Å². The maximum absolute atomic E-state index is 12.8. The molecule has 1 saturated heterocycles. The predicted molar refractivity (Wildman–Crippen MR) is 96.4 cm³/mol. The molecule has 2 atom stereocenters. The number of benzene rings is 1. The van der Waals surface area contributed by atoms with E-state index in [-0.39, 0.29) is 17.2 Å². The number of amides is 1. The number of carbonyl (C=O) groups excluding carboxylic acids is 1. The summed E-state index contributed by atoms with van der Waals surface area (Å²) in [5.74, 6) is -0.0945. The maximum atomic E-state index is 12.8. The lowest BCUT2D eigenvalue weighted by Crippen LogP contribution is -2.31. The van der Waals surface area contributed by atoms with Gasteiger partial charge in [0.25, 0.3) is 0 Å². The van der Waals surface area contributed by atoms with Gasteiger partial charge < -0.3 is 5.32 Å². The van der Waals surface area contributed by atoms with Crippen LogP contribution in [0.5, 0.6) is 0 Å². The van der Waals surface area contributed by atoms with Crippen LogP contribution < -0.4 is 5.32 Å². The molecule has 0 bridgehead atoms. The Bertz CT molecular complexity index is 902. The molecule has 2 aromatic rings. The lowest BCUT2D eigenvalue weighted by molar-refractivity contribution is -0.123. The molecule has 136 valence electrons. The Labute approximate surface area is 153 Å². The Morgan fingerprint density at radius 1 is 1.23 bits per heavy atom. The fraction of sp³-hybridized carbons (Fsp3) is 0.368. The van der Waals surface area contributed by atoms with E-state index >= 15 is 0 Å². The molecular weight excluding hydrogens is 350 g/mol. The largest absolute Gasteiger partial charge is 0.352 e. The van der Waals surface area contributed by atoms with Gasteiger partial charge in [-0.2, -0.15) is 4.31 Å². The summed E-state index contributed by atoms with van der Waals surface area (Å²) in [7, 11) is -3.48. The molecule has 26 heavy (non-hydrogen) atoms. The summed E-state index contributed by atoms with van der Waals surface area (Å²) < 4.78 is 27.0. The Morgan fingerprint density at radius 3 is 2.77 bits per heavy atom. The van der Waals surface area contributed by atoms with Crippen molar-refractivity contribution in [3.63, 3.8) is 0 Å².